The van der Waals surface area contributed by atoms with E-state index in [-0.39, 0.29) is 11.7 Å². The summed E-state index contributed by atoms with van der Waals surface area (Å²) < 4.78 is 6.02. The van der Waals surface area contributed by atoms with Gasteiger partial charge >= 0.3 is 0 Å². The molecule has 0 aromatic heterocycles. The van der Waals surface area contributed by atoms with Crippen LogP contribution in [-0.4, -0.2) is 41.8 Å². The number of amides is 1. The second kappa shape index (κ2) is 6.66. The topological polar surface area (TPSA) is 41.6 Å². The third-order valence-corrected chi connectivity index (χ3v) is 5.57. The lowest BCUT2D eigenvalue weighted by molar-refractivity contribution is -0.134. The number of rotatable bonds is 5. The third-order valence-electron chi connectivity index (χ3n) is 5.57. The first-order valence-electron chi connectivity index (χ1n) is 8.95. The highest BCUT2D eigenvalue weighted by Gasteiger charge is 2.51. The van der Waals surface area contributed by atoms with E-state index in [4.69, 9.17) is 4.74 Å². The van der Waals surface area contributed by atoms with Crippen LogP contribution in [0.2, 0.25) is 0 Å². The molecular weight excluding hydrogens is 264 g/mol. The second-order valence-corrected chi connectivity index (χ2v) is 6.99. The van der Waals surface area contributed by atoms with Crippen molar-refractivity contribution in [1.82, 2.24) is 10.2 Å². The van der Waals surface area contributed by atoms with E-state index >= 15 is 0 Å². The zero-order valence-electron chi connectivity index (χ0n) is 13.4. The summed E-state index contributed by atoms with van der Waals surface area (Å²) in [6, 6.07) is 0. The second-order valence-electron chi connectivity index (χ2n) is 6.99. The average molecular weight is 294 g/mol. The van der Waals surface area contributed by atoms with E-state index in [9.17, 15) is 4.79 Å². The number of carbonyl (C=O) groups is 1. The van der Waals surface area contributed by atoms with Gasteiger partial charge in [0.2, 0.25) is 5.91 Å². The molecule has 1 unspecified atom stereocenters. The molecule has 4 heteroatoms. The van der Waals surface area contributed by atoms with Gasteiger partial charge in [-0.3, -0.25) is 10.1 Å². The Labute approximate surface area is 128 Å². The molecule has 4 nitrogen and oxygen atoms in total. The minimum Gasteiger partial charge on any atom is -0.376 e. The first-order chi connectivity index (χ1) is 10.2. The summed E-state index contributed by atoms with van der Waals surface area (Å²) >= 11 is 0. The smallest absolute Gasteiger partial charge is 0.244 e. The van der Waals surface area contributed by atoms with E-state index in [1.54, 1.807) is 0 Å². The van der Waals surface area contributed by atoms with Gasteiger partial charge in [-0.15, -0.1) is 0 Å². The summed E-state index contributed by atoms with van der Waals surface area (Å²) in [7, 11) is 0. The van der Waals surface area contributed by atoms with Gasteiger partial charge in [-0.05, 0) is 32.1 Å². The van der Waals surface area contributed by atoms with E-state index in [0.29, 0.717) is 18.6 Å². The van der Waals surface area contributed by atoms with Crippen molar-refractivity contribution < 1.29 is 9.53 Å². The minimum absolute atomic E-state index is 0.213. The molecule has 3 fully saturated rings. The van der Waals surface area contributed by atoms with Crippen molar-refractivity contribution in [3.8, 4) is 0 Å². The van der Waals surface area contributed by atoms with Crippen LogP contribution in [0.4, 0.5) is 0 Å². The van der Waals surface area contributed by atoms with Crippen molar-refractivity contribution in [1.29, 1.82) is 0 Å². The molecular formula is C17H30N2O2. The molecule has 1 atom stereocenters. The van der Waals surface area contributed by atoms with E-state index in [0.717, 1.165) is 25.8 Å². The molecule has 3 rings (SSSR count). The maximum absolute atomic E-state index is 12.8. The van der Waals surface area contributed by atoms with Crippen LogP contribution in [0.15, 0.2) is 0 Å². The molecule has 2 aliphatic carbocycles. The van der Waals surface area contributed by atoms with Crippen LogP contribution in [0.5, 0.6) is 0 Å². The van der Waals surface area contributed by atoms with Crippen LogP contribution in [0.3, 0.4) is 0 Å². The van der Waals surface area contributed by atoms with Crippen molar-refractivity contribution in [3.63, 3.8) is 0 Å². The first kappa shape index (κ1) is 15.3. The van der Waals surface area contributed by atoms with Crippen molar-refractivity contribution in [2.75, 3.05) is 13.2 Å². The fourth-order valence-electron chi connectivity index (χ4n) is 4.34. The summed E-state index contributed by atoms with van der Waals surface area (Å²) in [5, 5.41) is 3.63. The molecule has 21 heavy (non-hydrogen) atoms. The lowest BCUT2D eigenvalue weighted by Crippen LogP contribution is -2.44. The van der Waals surface area contributed by atoms with Crippen molar-refractivity contribution in [2.24, 2.45) is 0 Å². The maximum Gasteiger partial charge on any atom is 0.244 e. The van der Waals surface area contributed by atoms with Crippen LogP contribution < -0.4 is 5.32 Å². The fraction of sp³-hybridized carbons (Fsp3) is 0.941. The van der Waals surface area contributed by atoms with Crippen molar-refractivity contribution in [3.05, 3.63) is 0 Å². The zero-order valence-corrected chi connectivity index (χ0v) is 13.4. The number of hydrogen-bond donors (Lipinski definition) is 1. The van der Waals surface area contributed by atoms with Gasteiger partial charge in [0.25, 0.3) is 0 Å². The first-order valence-corrected chi connectivity index (χ1v) is 8.95. The van der Waals surface area contributed by atoms with Gasteiger partial charge in [-0.1, -0.05) is 39.0 Å². The highest BCUT2D eigenvalue weighted by molar-refractivity contribution is 5.89. The van der Waals surface area contributed by atoms with Crippen LogP contribution in [0, 0.1) is 0 Å². The number of carbonyl (C=O) groups excluding carboxylic acids is 1. The average Bonchev–Trinajstić information content (AvgIpc) is 3.09. The van der Waals surface area contributed by atoms with Crippen molar-refractivity contribution in [2.45, 2.75) is 88.9 Å². The summed E-state index contributed by atoms with van der Waals surface area (Å²) in [5.74, 6) is 0.332. The molecule has 120 valence electrons. The van der Waals surface area contributed by atoms with Gasteiger partial charge in [0.1, 0.15) is 0 Å². The van der Waals surface area contributed by atoms with Gasteiger partial charge in [0.15, 0.2) is 0 Å². The van der Waals surface area contributed by atoms with E-state index in [1.165, 1.54) is 44.9 Å². The Morgan fingerprint density at radius 3 is 2.57 bits per heavy atom. The largest absolute Gasteiger partial charge is 0.376 e. The molecule has 2 saturated carbocycles. The lowest BCUT2D eigenvalue weighted by Gasteiger charge is -2.26. The highest BCUT2D eigenvalue weighted by Crippen LogP contribution is 2.36. The molecule has 0 radical (unpaired) electrons. The Morgan fingerprint density at radius 2 is 1.90 bits per heavy atom. The molecule has 1 amide bonds. The maximum atomic E-state index is 12.8. The normalized spacial score (nSPS) is 29.7. The van der Waals surface area contributed by atoms with Crippen molar-refractivity contribution >= 4 is 5.91 Å². The van der Waals surface area contributed by atoms with Crippen LogP contribution >= 0.6 is 0 Å². The summed E-state index contributed by atoms with van der Waals surface area (Å²) in [5.41, 5.74) is -0.231. The predicted octanol–water partition coefficient (Wildman–Crippen LogP) is 2.82. The lowest BCUT2D eigenvalue weighted by atomic mass is 9.98. The molecule has 0 aromatic rings. The van der Waals surface area contributed by atoms with Gasteiger partial charge in [-0.2, -0.15) is 0 Å². The molecule has 1 aliphatic heterocycles. The molecule has 1 N–H and O–H groups in total. The quantitative estimate of drug-likeness (QED) is 0.848. The Kier molecular flexibility index (Phi) is 4.85. The van der Waals surface area contributed by atoms with Gasteiger partial charge in [0.05, 0.1) is 24.4 Å². The molecule has 1 heterocycles. The van der Waals surface area contributed by atoms with Gasteiger partial charge in [-0.25, -0.2) is 0 Å². The Balaban J connectivity index is 1.52. The molecule has 1 spiro atoms. The highest BCUT2D eigenvalue weighted by atomic mass is 16.5. The molecule has 0 aromatic carbocycles. The Bertz CT molecular complexity index is 360. The van der Waals surface area contributed by atoms with E-state index < -0.39 is 0 Å². The number of nitrogens with zero attached hydrogens (tertiary/aromatic N) is 1. The number of ether oxygens (including phenoxy) is 1. The van der Waals surface area contributed by atoms with Gasteiger partial charge < -0.3 is 9.64 Å². The Morgan fingerprint density at radius 1 is 1.19 bits per heavy atom. The summed E-state index contributed by atoms with van der Waals surface area (Å²) in [6.45, 7) is 3.61. The molecule has 0 bridgehead atoms. The monoisotopic (exact) mass is 294 g/mol. The predicted molar refractivity (Wildman–Crippen MR) is 83.0 cm³/mol. The molecule has 1 saturated heterocycles. The van der Waals surface area contributed by atoms with E-state index in [1.807, 2.05) is 4.90 Å². The number of hydrogen-bond acceptors (Lipinski definition) is 3. The number of nitrogens with one attached hydrogen (secondary N) is 1. The Hall–Kier alpha value is -0.610. The standard InChI is InChI=1S/C17H30N2O2/c1-2-15-18-17(10-6-7-11-17)16(20)19(15)12-13-21-14-8-4-3-5-9-14/h14-15,18H,2-13H2,1H3. The van der Waals surface area contributed by atoms with Crippen LogP contribution in [0.1, 0.15) is 71.1 Å². The summed E-state index contributed by atoms with van der Waals surface area (Å²) in [6.07, 6.45) is 12.4. The van der Waals surface area contributed by atoms with Crippen LogP contribution in [0.25, 0.3) is 0 Å². The van der Waals surface area contributed by atoms with E-state index in [2.05, 4.69) is 12.2 Å². The van der Waals surface area contributed by atoms with Gasteiger partial charge in [0, 0.05) is 6.54 Å². The molecule has 3 aliphatic rings. The fourth-order valence-corrected chi connectivity index (χ4v) is 4.34. The SMILES string of the molecule is CCC1NC2(CCCC2)C(=O)N1CCOC1CCCCC1. The summed E-state index contributed by atoms with van der Waals surface area (Å²) in [4.78, 5) is 14.8. The zero-order chi connectivity index (χ0) is 14.7. The minimum atomic E-state index is -0.231. The van der Waals surface area contributed by atoms with Crippen LogP contribution in [-0.2, 0) is 9.53 Å². The third kappa shape index (κ3) is 3.11.